The molecule has 2 aromatic rings. The summed E-state index contributed by atoms with van der Waals surface area (Å²) in [5, 5.41) is 14.2. The summed E-state index contributed by atoms with van der Waals surface area (Å²) in [6.45, 7) is 6.54. The van der Waals surface area contributed by atoms with E-state index < -0.39 is 0 Å². The molecule has 2 aliphatic heterocycles. The molecule has 0 bridgehead atoms. The average Bonchev–Trinajstić information content (AvgIpc) is 3.30. The number of likely N-dealkylation sites (tertiary alicyclic amines) is 2. The zero-order valence-corrected chi connectivity index (χ0v) is 15.8. The van der Waals surface area contributed by atoms with E-state index in [1.54, 1.807) is 10.7 Å². The van der Waals surface area contributed by atoms with Gasteiger partial charge >= 0.3 is 0 Å². The number of aromatic nitrogens is 2. The highest BCUT2D eigenvalue weighted by molar-refractivity contribution is 5.31. The van der Waals surface area contributed by atoms with Gasteiger partial charge in [-0.25, -0.2) is 9.07 Å². The first-order valence-electron chi connectivity index (χ1n) is 10.1. The van der Waals surface area contributed by atoms with Gasteiger partial charge in [0.1, 0.15) is 5.82 Å². The van der Waals surface area contributed by atoms with Crippen molar-refractivity contribution >= 4 is 0 Å². The number of hydrogen-bond donors (Lipinski definition) is 1. The molecule has 6 heteroatoms. The van der Waals surface area contributed by atoms with Gasteiger partial charge in [0.05, 0.1) is 11.9 Å². The Balaban J connectivity index is 1.37. The van der Waals surface area contributed by atoms with Crippen molar-refractivity contribution in [3.63, 3.8) is 0 Å². The molecule has 0 amide bonds. The molecule has 2 saturated heterocycles. The first-order valence-corrected chi connectivity index (χ1v) is 10.1. The summed E-state index contributed by atoms with van der Waals surface area (Å²) in [6.07, 6.45) is 7.79. The van der Waals surface area contributed by atoms with E-state index in [9.17, 15) is 9.50 Å². The predicted octanol–water partition coefficient (Wildman–Crippen LogP) is 2.54. The van der Waals surface area contributed by atoms with E-state index in [0.717, 1.165) is 37.4 Å². The van der Waals surface area contributed by atoms with Crippen molar-refractivity contribution in [3.05, 3.63) is 48.0 Å². The van der Waals surface area contributed by atoms with Gasteiger partial charge < -0.3 is 10.0 Å². The predicted molar refractivity (Wildman–Crippen MR) is 103 cm³/mol. The molecule has 2 aliphatic rings. The topological polar surface area (TPSA) is 44.5 Å². The van der Waals surface area contributed by atoms with E-state index in [-0.39, 0.29) is 12.4 Å². The Kier molecular flexibility index (Phi) is 5.86. The highest BCUT2D eigenvalue weighted by atomic mass is 19.1. The lowest BCUT2D eigenvalue weighted by Gasteiger charge is -2.30. The summed E-state index contributed by atoms with van der Waals surface area (Å²) in [5.41, 5.74) is 1.86. The second kappa shape index (κ2) is 8.50. The maximum absolute atomic E-state index is 13.4. The molecule has 0 saturated carbocycles. The van der Waals surface area contributed by atoms with Crippen molar-refractivity contribution in [1.29, 1.82) is 0 Å². The second-order valence-corrected chi connectivity index (χ2v) is 8.03. The summed E-state index contributed by atoms with van der Waals surface area (Å²) < 4.78 is 15.2. The first-order chi connectivity index (χ1) is 13.2. The minimum atomic E-state index is -0.254. The lowest BCUT2D eigenvalue weighted by molar-refractivity contribution is 0.149. The molecule has 3 heterocycles. The number of hydrogen-bond acceptors (Lipinski definition) is 4. The quantitative estimate of drug-likeness (QED) is 0.846. The molecule has 1 aromatic carbocycles. The van der Waals surface area contributed by atoms with Crippen molar-refractivity contribution in [1.82, 2.24) is 19.6 Å². The van der Waals surface area contributed by atoms with Gasteiger partial charge in [-0.3, -0.25) is 4.90 Å². The molecule has 0 unspecified atom stereocenters. The zero-order valence-electron chi connectivity index (χ0n) is 15.8. The number of halogens is 1. The largest absolute Gasteiger partial charge is 0.396 e. The van der Waals surface area contributed by atoms with Crippen LogP contribution in [0.2, 0.25) is 0 Å². The Labute approximate surface area is 160 Å². The lowest BCUT2D eigenvalue weighted by atomic mass is 9.95. The standard InChI is InChI=1S/C21H29FN4O/c22-20-5-4-6-21(9-20)26-12-17(10-23-26)11-25-14-18(19(15-25)16-27)13-24-7-2-1-3-8-24/h4-6,9-10,12,18-19,27H,1-3,7-8,11,13-16H2/t18-,19-/m0/s1. The fourth-order valence-electron chi connectivity index (χ4n) is 4.51. The van der Waals surface area contributed by atoms with Crippen molar-refractivity contribution in [3.8, 4) is 5.69 Å². The van der Waals surface area contributed by atoms with E-state index >= 15 is 0 Å². The SMILES string of the molecule is OC[C@@H]1CN(Cc2cnn(-c3cccc(F)c3)c2)C[C@@H]1CN1CCCCC1. The zero-order chi connectivity index (χ0) is 18.6. The van der Waals surface area contributed by atoms with Crippen LogP contribution in [-0.4, -0.2) is 64.0 Å². The molecule has 146 valence electrons. The van der Waals surface area contributed by atoms with Gasteiger partial charge in [0.2, 0.25) is 0 Å². The summed E-state index contributed by atoms with van der Waals surface area (Å²) in [7, 11) is 0. The van der Waals surface area contributed by atoms with Gasteiger partial charge in [-0.2, -0.15) is 5.10 Å². The van der Waals surface area contributed by atoms with E-state index in [1.807, 2.05) is 18.5 Å². The highest BCUT2D eigenvalue weighted by Crippen LogP contribution is 2.26. The molecular weight excluding hydrogens is 343 g/mol. The van der Waals surface area contributed by atoms with Gasteiger partial charge in [-0.15, -0.1) is 0 Å². The molecule has 0 radical (unpaired) electrons. The molecule has 0 aliphatic carbocycles. The van der Waals surface area contributed by atoms with Crippen LogP contribution in [0.25, 0.3) is 5.69 Å². The lowest BCUT2D eigenvalue weighted by Crippen LogP contribution is -2.37. The third-order valence-electron chi connectivity index (χ3n) is 5.94. The van der Waals surface area contributed by atoms with E-state index in [1.165, 1.54) is 44.5 Å². The first kappa shape index (κ1) is 18.6. The molecule has 2 fully saturated rings. The maximum Gasteiger partial charge on any atom is 0.125 e. The minimum absolute atomic E-state index is 0.254. The van der Waals surface area contributed by atoms with Crippen molar-refractivity contribution in [2.24, 2.45) is 11.8 Å². The van der Waals surface area contributed by atoms with Crippen molar-refractivity contribution in [2.45, 2.75) is 25.8 Å². The average molecular weight is 372 g/mol. The van der Waals surface area contributed by atoms with Gasteiger partial charge in [0.25, 0.3) is 0 Å². The normalized spacial score (nSPS) is 24.5. The molecule has 1 aromatic heterocycles. The van der Waals surface area contributed by atoms with E-state index in [4.69, 9.17) is 0 Å². The Hall–Kier alpha value is -1.76. The van der Waals surface area contributed by atoms with Crippen LogP contribution >= 0.6 is 0 Å². The highest BCUT2D eigenvalue weighted by Gasteiger charge is 2.33. The molecule has 27 heavy (non-hydrogen) atoms. The van der Waals surface area contributed by atoms with Crippen LogP contribution in [0.15, 0.2) is 36.7 Å². The Bertz CT molecular complexity index is 743. The second-order valence-electron chi connectivity index (χ2n) is 8.03. The van der Waals surface area contributed by atoms with Gasteiger partial charge in [-0.1, -0.05) is 12.5 Å². The van der Waals surface area contributed by atoms with Crippen LogP contribution < -0.4 is 0 Å². The molecule has 5 nitrogen and oxygen atoms in total. The van der Waals surface area contributed by atoms with Gasteiger partial charge in [0, 0.05) is 44.5 Å². The number of piperidine rings is 1. The number of aliphatic hydroxyl groups excluding tert-OH is 1. The van der Waals surface area contributed by atoms with Crippen LogP contribution in [0, 0.1) is 17.7 Å². The summed E-state index contributed by atoms with van der Waals surface area (Å²) in [6, 6.07) is 6.48. The Morgan fingerprint density at radius 1 is 1.07 bits per heavy atom. The Morgan fingerprint density at radius 3 is 2.67 bits per heavy atom. The Morgan fingerprint density at radius 2 is 1.89 bits per heavy atom. The van der Waals surface area contributed by atoms with Gasteiger partial charge in [-0.05, 0) is 56.0 Å². The summed E-state index contributed by atoms with van der Waals surface area (Å²) in [5.74, 6) is 0.631. The third-order valence-corrected chi connectivity index (χ3v) is 5.94. The molecule has 2 atom stereocenters. The van der Waals surface area contributed by atoms with Gasteiger partial charge in [0.15, 0.2) is 0 Å². The van der Waals surface area contributed by atoms with Crippen LogP contribution in [0.1, 0.15) is 24.8 Å². The monoisotopic (exact) mass is 372 g/mol. The minimum Gasteiger partial charge on any atom is -0.396 e. The smallest absolute Gasteiger partial charge is 0.125 e. The van der Waals surface area contributed by atoms with Crippen LogP contribution in [-0.2, 0) is 6.54 Å². The van der Waals surface area contributed by atoms with E-state index in [2.05, 4.69) is 14.9 Å². The number of benzene rings is 1. The third kappa shape index (κ3) is 4.57. The van der Waals surface area contributed by atoms with Crippen LogP contribution in [0.5, 0.6) is 0 Å². The van der Waals surface area contributed by atoms with Crippen LogP contribution in [0.4, 0.5) is 4.39 Å². The fraction of sp³-hybridized carbons (Fsp3) is 0.571. The van der Waals surface area contributed by atoms with E-state index in [0.29, 0.717) is 11.8 Å². The molecule has 4 rings (SSSR count). The molecule has 0 spiro atoms. The fourth-order valence-corrected chi connectivity index (χ4v) is 4.51. The number of rotatable bonds is 6. The van der Waals surface area contributed by atoms with Crippen molar-refractivity contribution in [2.75, 3.05) is 39.3 Å². The summed E-state index contributed by atoms with van der Waals surface area (Å²) >= 11 is 0. The molecule has 1 N–H and O–H groups in total. The molecular formula is C21H29FN4O. The van der Waals surface area contributed by atoms with Crippen molar-refractivity contribution < 1.29 is 9.50 Å². The summed E-state index contributed by atoms with van der Waals surface area (Å²) in [4.78, 5) is 4.99. The number of nitrogens with zero attached hydrogens (tertiary/aromatic N) is 4. The number of aliphatic hydroxyl groups is 1. The maximum atomic E-state index is 13.4. The van der Waals surface area contributed by atoms with Crippen LogP contribution in [0.3, 0.4) is 0 Å².